The molecule has 0 radical (unpaired) electrons. The van der Waals surface area contributed by atoms with E-state index in [4.69, 9.17) is 25.3 Å². The molecule has 0 spiro atoms. The Morgan fingerprint density at radius 1 is 1.11 bits per heavy atom. The molecule has 2 saturated heterocycles. The lowest BCUT2D eigenvalue weighted by molar-refractivity contribution is 0.0606. The van der Waals surface area contributed by atoms with Gasteiger partial charge >= 0.3 is 6.09 Å². The number of hydrogen-bond donors (Lipinski definition) is 3. The molecule has 2 aliphatic heterocycles. The minimum atomic E-state index is -1.15. The first kappa shape index (κ1) is 29.4. The van der Waals surface area contributed by atoms with Crippen LogP contribution >= 0.6 is 0 Å². The Morgan fingerprint density at radius 2 is 1.91 bits per heavy atom. The van der Waals surface area contributed by atoms with Crippen LogP contribution in [0, 0.1) is 5.92 Å². The Bertz CT molecular complexity index is 2030. The summed E-state index contributed by atoms with van der Waals surface area (Å²) in [6.45, 7) is 1.13. The lowest BCUT2D eigenvalue weighted by atomic mass is 10.0. The molecular formula is C34H35FN8O4. The summed E-state index contributed by atoms with van der Waals surface area (Å²) in [7, 11) is 3.51. The minimum Gasteiger partial charge on any atom is -0.494 e. The molecule has 3 aromatic heterocycles. The number of carbonyl (C=O) groups is 2. The molecule has 2 amide bonds. The van der Waals surface area contributed by atoms with Crippen LogP contribution in [0.5, 0.6) is 5.75 Å². The van der Waals surface area contributed by atoms with Gasteiger partial charge in [0.05, 0.1) is 30.6 Å². The van der Waals surface area contributed by atoms with Gasteiger partial charge in [0, 0.05) is 42.7 Å². The summed E-state index contributed by atoms with van der Waals surface area (Å²) in [5, 5.41) is 3.70. The number of hydrogen-bond acceptors (Lipinski definition) is 8. The second-order valence-corrected chi connectivity index (χ2v) is 12.7. The molecule has 3 fully saturated rings. The highest BCUT2D eigenvalue weighted by Gasteiger charge is 2.31. The van der Waals surface area contributed by atoms with Crippen LogP contribution in [0.1, 0.15) is 41.3 Å². The number of hydroxylamine groups is 1. The first-order valence-corrected chi connectivity index (χ1v) is 15.8. The summed E-state index contributed by atoms with van der Waals surface area (Å²) in [6.07, 6.45) is 0.518. The van der Waals surface area contributed by atoms with Crippen molar-refractivity contribution in [3.05, 3.63) is 65.7 Å². The number of carbonyl (C=O) groups excluding carboxylic acids is 2. The number of likely N-dealkylation sites (tertiary alicyclic amines) is 1. The van der Waals surface area contributed by atoms with E-state index in [0.29, 0.717) is 29.3 Å². The highest BCUT2D eigenvalue weighted by molar-refractivity contribution is 6.00. The van der Waals surface area contributed by atoms with Gasteiger partial charge in [-0.1, -0.05) is 24.3 Å². The van der Waals surface area contributed by atoms with E-state index in [1.54, 1.807) is 19.2 Å². The van der Waals surface area contributed by atoms with Crippen molar-refractivity contribution in [3.8, 4) is 28.5 Å². The molecule has 0 bridgehead atoms. The Labute approximate surface area is 269 Å². The van der Waals surface area contributed by atoms with Crippen LogP contribution in [0.4, 0.5) is 9.18 Å². The summed E-state index contributed by atoms with van der Waals surface area (Å²) in [4.78, 5) is 41.4. The average molecular weight is 639 g/mol. The van der Waals surface area contributed by atoms with Gasteiger partial charge in [0.15, 0.2) is 5.82 Å². The smallest absolute Gasteiger partial charge is 0.427 e. The Hall–Kier alpha value is -5.01. The molecule has 3 aliphatic rings. The molecule has 5 aromatic rings. The van der Waals surface area contributed by atoms with Crippen molar-refractivity contribution < 1.29 is 23.6 Å². The number of rotatable bonds is 7. The zero-order chi connectivity index (χ0) is 32.4. The standard InChI is InChI=1S/C34H35FN8O4/c1-41-29-26(11-22(13-28(29)46-2)33(44)42-16-23(35)14-24(36)17-42)38-32(41)27-12-21-9-10-25(37-31(21)43(27)15-18-3-4-18)19-5-7-20(8-6-19)30-39-34(45)47-40-30/h5-13,18,23-24,30,40H,3-4,14-17,36H2,1-2H3,(H,39,45)/t23-,24-,30?/m1/s1. The third-order valence-electron chi connectivity index (χ3n) is 9.30. The Kier molecular flexibility index (Phi) is 7.10. The number of alkyl halides is 1. The third-order valence-corrected chi connectivity index (χ3v) is 9.30. The molecule has 1 aliphatic carbocycles. The number of nitrogens with zero attached hydrogens (tertiary/aromatic N) is 5. The highest BCUT2D eigenvalue weighted by Crippen LogP contribution is 2.38. The summed E-state index contributed by atoms with van der Waals surface area (Å²) < 4.78 is 24.3. The number of fused-ring (bicyclic) bond motifs is 2. The summed E-state index contributed by atoms with van der Waals surface area (Å²) in [5.41, 5.74) is 14.9. The fraction of sp³-hybridized carbons (Fsp3) is 0.353. The van der Waals surface area contributed by atoms with Crippen LogP contribution in [0.3, 0.4) is 0 Å². The third kappa shape index (κ3) is 5.34. The van der Waals surface area contributed by atoms with Crippen LogP contribution in [0.15, 0.2) is 54.6 Å². The number of piperidine rings is 1. The van der Waals surface area contributed by atoms with Crippen molar-refractivity contribution in [2.24, 2.45) is 18.7 Å². The molecular weight excluding hydrogens is 603 g/mol. The highest BCUT2D eigenvalue weighted by atomic mass is 19.1. The maximum Gasteiger partial charge on any atom is 0.427 e. The SMILES string of the molecule is COc1cc(C(=O)N2C[C@H](N)C[C@@H](F)C2)cc2nc(-c3cc4ccc(-c5ccc(C6NOC(=O)N6)cc5)nc4n3CC3CC3)n(C)c12. The van der Waals surface area contributed by atoms with Gasteiger partial charge in [0.25, 0.3) is 5.91 Å². The normalized spacial score (nSPS) is 21.3. The van der Waals surface area contributed by atoms with Gasteiger partial charge < -0.3 is 29.3 Å². The first-order chi connectivity index (χ1) is 22.7. The van der Waals surface area contributed by atoms with Crippen LogP contribution in [0.2, 0.25) is 0 Å². The average Bonchev–Trinajstić information content (AvgIpc) is 3.53. The first-order valence-electron chi connectivity index (χ1n) is 15.8. The fourth-order valence-electron chi connectivity index (χ4n) is 6.75. The Morgan fingerprint density at radius 3 is 2.62 bits per heavy atom. The number of amides is 2. The number of aryl methyl sites for hydroxylation is 1. The van der Waals surface area contributed by atoms with Gasteiger partial charge in [0.1, 0.15) is 29.3 Å². The van der Waals surface area contributed by atoms with Gasteiger partial charge in [-0.05, 0) is 61.1 Å². The van der Waals surface area contributed by atoms with Gasteiger partial charge in [-0.2, -0.15) is 0 Å². The predicted molar refractivity (Wildman–Crippen MR) is 173 cm³/mol. The quantitative estimate of drug-likeness (QED) is 0.238. The molecule has 1 saturated carbocycles. The largest absolute Gasteiger partial charge is 0.494 e. The number of pyridine rings is 1. The second kappa shape index (κ2) is 11.4. The van der Waals surface area contributed by atoms with Crippen molar-refractivity contribution in [3.63, 3.8) is 0 Å². The topological polar surface area (TPSA) is 142 Å². The number of nitrogens with one attached hydrogen (secondary N) is 2. The van der Waals surface area contributed by atoms with Gasteiger partial charge in [-0.3, -0.25) is 10.1 Å². The molecule has 5 heterocycles. The fourth-order valence-corrected chi connectivity index (χ4v) is 6.75. The summed E-state index contributed by atoms with van der Waals surface area (Å²) in [6, 6.07) is 17.1. The zero-order valence-electron chi connectivity index (χ0n) is 26.1. The molecule has 1 unspecified atom stereocenters. The molecule has 47 heavy (non-hydrogen) atoms. The van der Waals surface area contributed by atoms with Crippen LogP contribution in [0.25, 0.3) is 44.8 Å². The molecule has 8 rings (SSSR count). The number of nitrogens with two attached hydrogens (primary N) is 1. The number of ether oxygens (including phenoxy) is 1. The molecule has 2 aromatic carbocycles. The van der Waals surface area contributed by atoms with Gasteiger partial charge in [0.2, 0.25) is 0 Å². The van der Waals surface area contributed by atoms with Crippen molar-refractivity contribution in [1.82, 2.24) is 34.8 Å². The van der Waals surface area contributed by atoms with Gasteiger partial charge in [-0.25, -0.2) is 19.2 Å². The lowest BCUT2D eigenvalue weighted by Gasteiger charge is -2.33. The van der Waals surface area contributed by atoms with Crippen molar-refractivity contribution >= 4 is 34.1 Å². The monoisotopic (exact) mass is 638 g/mol. The summed E-state index contributed by atoms with van der Waals surface area (Å²) >= 11 is 0. The van der Waals surface area contributed by atoms with E-state index in [1.165, 1.54) is 4.90 Å². The van der Waals surface area contributed by atoms with Gasteiger partial charge in [-0.15, -0.1) is 5.48 Å². The predicted octanol–water partition coefficient (Wildman–Crippen LogP) is 4.43. The maximum absolute atomic E-state index is 14.3. The number of methoxy groups -OCH3 is 1. The number of imidazole rings is 1. The Balaban J connectivity index is 1.18. The van der Waals surface area contributed by atoms with Crippen molar-refractivity contribution in [2.45, 2.75) is 44.2 Å². The lowest BCUT2D eigenvalue weighted by Crippen LogP contribution is -2.50. The summed E-state index contributed by atoms with van der Waals surface area (Å²) in [5.74, 6) is 1.51. The van der Waals surface area contributed by atoms with E-state index in [9.17, 15) is 14.0 Å². The number of halogens is 1. The maximum atomic E-state index is 14.3. The van der Waals surface area contributed by atoms with E-state index in [0.717, 1.165) is 64.3 Å². The van der Waals surface area contributed by atoms with E-state index < -0.39 is 24.5 Å². The van der Waals surface area contributed by atoms with Crippen LogP contribution in [-0.4, -0.2) is 68.4 Å². The number of aromatic nitrogens is 4. The van der Waals surface area contributed by atoms with E-state index >= 15 is 0 Å². The molecule has 12 nitrogen and oxygen atoms in total. The van der Waals surface area contributed by atoms with Crippen molar-refractivity contribution in [2.75, 3.05) is 20.2 Å². The van der Waals surface area contributed by atoms with Crippen LogP contribution < -0.4 is 21.3 Å². The molecule has 13 heteroatoms. The van der Waals surface area contributed by atoms with E-state index in [2.05, 4.69) is 27.5 Å². The van der Waals surface area contributed by atoms with E-state index in [1.807, 2.05) is 41.9 Å². The second-order valence-electron chi connectivity index (χ2n) is 12.7. The zero-order valence-corrected chi connectivity index (χ0v) is 26.1. The van der Waals surface area contributed by atoms with Crippen LogP contribution in [-0.2, 0) is 18.4 Å². The van der Waals surface area contributed by atoms with Crippen molar-refractivity contribution in [1.29, 1.82) is 0 Å². The molecule has 3 atom stereocenters. The minimum absolute atomic E-state index is 0.0195. The molecule has 4 N–H and O–H groups in total. The number of benzene rings is 2. The molecule has 242 valence electrons. The van der Waals surface area contributed by atoms with E-state index in [-0.39, 0.29) is 18.9 Å².